The van der Waals surface area contributed by atoms with Crippen molar-refractivity contribution in [3.05, 3.63) is 33.5 Å². The van der Waals surface area contributed by atoms with Crippen LogP contribution in [0.25, 0.3) is 0 Å². The van der Waals surface area contributed by atoms with Gasteiger partial charge in [-0.25, -0.2) is 0 Å². The molecule has 0 heterocycles. The Hall–Kier alpha value is -1.12. The van der Waals surface area contributed by atoms with E-state index in [0.717, 1.165) is 12.0 Å². The van der Waals surface area contributed by atoms with Crippen molar-refractivity contribution in [1.29, 1.82) is 0 Å². The molecule has 0 N–H and O–H groups in total. The number of nitrogens with zero attached hydrogens (tertiary/aromatic N) is 1. The van der Waals surface area contributed by atoms with Gasteiger partial charge in [0.25, 0.3) is 5.70 Å². The van der Waals surface area contributed by atoms with E-state index in [2.05, 4.69) is 0 Å². The first-order valence-electron chi connectivity index (χ1n) is 4.48. The predicted octanol–water partition coefficient (Wildman–Crippen LogP) is 3.16. The van der Waals surface area contributed by atoms with Crippen molar-refractivity contribution in [2.45, 2.75) is 34.1 Å². The second-order valence-electron chi connectivity index (χ2n) is 3.46. The summed E-state index contributed by atoms with van der Waals surface area (Å²) < 4.78 is 0. The van der Waals surface area contributed by atoms with Gasteiger partial charge in [-0.3, -0.25) is 10.1 Å². The summed E-state index contributed by atoms with van der Waals surface area (Å²) in [6.07, 6.45) is 4.23. The Morgan fingerprint density at radius 3 is 2.38 bits per heavy atom. The van der Waals surface area contributed by atoms with Crippen LogP contribution in [-0.2, 0) is 0 Å². The lowest BCUT2D eigenvalue weighted by atomic mass is 10.1. The quantitative estimate of drug-likeness (QED) is 0.381. The van der Waals surface area contributed by atoms with Gasteiger partial charge in [-0.2, -0.15) is 0 Å². The minimum Gasteiger partial charge on any atom is -0.258 e. The zero-order chi connectivity index (χ0) is 10.4. The van der Waals surface area contributed by atoms with Crippen molar-refractivity contribution in [3.63, 3.8) is 0 Å². The van der Waals surface area contributed by atoms with E-state index in [4.69, 9.17) is 0 Å². The summed E-state index contributed by atoms with van der Waals surface area (Å²) in [7, 11) is 0. The first kappa shape index (κ1) is 11.9. The summed E-state index contributed by atoms with van der Waals surface area (Å²) in [5, 5.41) is 10.6. The smallest absolute Gasteiger partial charge is 0.258 e. The third-order valence-electron chi connectivity index (χ3n) is 1.75. The van der Waals surface area contributed by atoms with E-state index in [9.17, 15) is 10.1 Å². The second kappa shape index (κ2) is 5.51. The molecule has 0 spiro atoms. The van der Waals surface area contributed by atoms with Crippen LogP contribution >= 0.6 is 0 Å². The highest BCUT2D eigenvalue weighted by atomic mass is 16.6. The lowest BCUT2D eigenvalue weighted by molar-refractivity contribution is -0.419. The summed E-state index contributed by atoms with van der Waals surface area (Å²) >= 11 is 0. The molecule has 1 atom stereocenters. The first-order valence-corrected chi connectivity index (χ1v) is 4.48. The molecule has 1 unspecified atom stereocenters. The van der Waals surface area contributed by atoms with Gasteiger partial charge < -0.3 is 0 Å². The van der Waals surface area contributed by atoms with Gasteiger partial charge in [0.15, 0.2) is 0 Å². The molecular weight excluding hydrogens is 166 g/mol. The van der Waals surface area contributed by atoms with Crippen molar-refractivity contribution in [1.82, 2.24) is 0 Å². The van der Waals surface area contributed by atoms with Crippen LogP contribution in [0.2, 0.25) is 0 Å². The standard InChI is InChI=1S/C10H17NO2/c1-5-9(4)7-10(11(12)13)6-8(2)3/h6-7,9H,5H2,1-4H3. The summed E-state index contributed by atoms with van der Waals surface area (Å²) in [4.78, 5) is 10.2. The van der Waals surface area contributed by atoms with Crippen molar-refractivity contribution in [2.75, 3.05) is 0 Å². The van der Waals surface area contributed by atoms with Crippen molar-refractivity contribution in [2.24, 2.45) is 5.92 Å². The van der Waals surface area contributed by atoms with Crippen LogP contribution in [0.4, 0.5) is 0 Å². The van der Waals surface area contributed by atoms with E-state index >= 15 is 0 Å². The third-order valence-corrected chi connectivity index (χ3v) is 1.75. The summed E-state index contributed by atoms with van der Waals surface area (Å²) in [6.45, 7) is 7.70. The minimum absolute atomic E-state index is 0.203. The molecule has 13 heavy (non-hydrogen) atoms. The molecule has 0 rings (SSSR count). The Kier molecular flexibility index (Phi) is 5.04. The fraction of sp³-hybridized carbons (Fsp3) is 0.600. The average molecular weight is 183 g/mol. The van der Waals surface area contributed by atoms with Gasteiger partial charge in [-0.05, 0) is 32.3 Å². The molecule has 0 bridgehead atoms. The van der Waals surface area contributed by atoms with Crippen molar-refractivity contribution >= 4 is 0 Å². The van der Waals surface area contributed by atoms with Gasteiger partial charge in [0.2, 0.25) is 0 Å². The molecular formula is C10H17NO2. The van der Waals surface area contributed by atoms with Crippen LogP contribution in [0.3, 0.4) is 0 Å². The molecule has 74 valence electrons. The van der Waals surface area contributed by atoms with Gasteiger partial charge in [0.1, 0.15) is 0 Å². The molecule has 0 saturated heterocycles. The maximum Gasteiger partial charge on any atom is 0.265 e. The molecule has 0 aromatic carbocycles. The molecule has 0 radical (unpaired) electrons. The Morgan fingerprint density at radius 2 is 2.08 bits per heavy atom. The molecule has 3 heteroatoms. The highest BCUT2D eigenvalue weighted by molar-refractivity contribution is 5.15. The SMILES string of the molecule is CCC(C)C=C(C=C(C)C)[N+](=O)[O-]. The number of hydrogen-bond donors (Lipinski definition) is 0. The average Bonchev–Trinajstić information content (AvgIpc) is 2.02. The van der Waals surface area contributed by atoms with Crippen LogP contribution < -0.4 is 0 Å². The number of allylic oxidation sites excluding steroid dienone is 3. The number of hydrogen-bond acceptors (Lipinski definition) is 2. The zero-order valence-electron chi connectivity index (χ0n) is 8.70. The van der Waals surface area contributed by atoms with Crippen LogP contribution in [-0.4, -0.2) is 4.92 Å². The van der Waals surface area contributed by atoms with Crippen LogP contribution in [0.15, 0.2) is 23.4 Å². The van der Waals surface area contributed by atoms with E-state index < -0.39 is 0 Å². The van der Waals surface area contributed by atoms with E-state index in [0.29, 0.717) is 0 Å². The molecule has 0 aromatic rings. The van der Waals surface area contributed by atoms with Crippen LogP contribution in [0.1, 0.15) is 34.1 Å². The van der Waals surface area contributed by atoms with Gasteiger partial charge in [0, 0.05) is 6.08 Å². The van der Waals surface area contributed by atoms with Crippen molar-refractivity contribution in [3.8, 4) is 0 Å². The zero-order valence-corrected chi connectivity index (χ0v) is 8.70. The van der Waals surface area contributed by atoms with Gasteiger partial charge in [0.05, 0.1) is 4.92 Å². The summed E-state index contributed by atoms with van der Waals surface area (Å²) in [6, 6.07) is 0. The van der Waals surface area contributed by atoms with E-state index in [1.54, 1.807) is 12.2 Å². The van der Waals surface area contributed by atoms with Crippen LogP contribution in [0, 0.1) is 16.0 Å². The monoisotopic (exact) mass is 183 g/mol. The minimum atomic E-state index is -0.334. The molecule has 0 aliphatic carbocycles. The number of rotatable bonds is 4. The second-order valence-corrected chi connectivity index (χ2v) is 3.46. The van der Waals surface area contributed by atoms with Gasteiger partial charge >= 0.3 is 0 Å². The first-order chi connectivity index (χ1) is 5.97. The maximum absolute atomic E-state index is 10.6. The Labute approximate surface area is 79.3 Å². The summed E-state index contributed by atoms with van der Waals surface area (Å²) in [5.41, 5.74) is 1.15. The van der Waals surface area contributed by atoms with E-state index in [1.807, 2.05) is 27.7 Å². The third kappa shape index (κ3) is 5.17. The molecule has 0 fully saturated rings. The fourth-order valence-electron chi connectivity index (χ4n) is 0.867. The summed E-state index contributed by atoms with van der Waals surface area (Å²) in [5.74, 6) is 0.260. The molecule has 0 aliphatic heterocycles. The fourth-order valence-corrected chi connectivity index (χ4v) is 0.867. The molecule has 0 saturated carbocycles. The van der Waals surface area contributed by atoms with Gasteiger partial charge in [-0.15, -0.1) is 0 Å². The van der Waals surface area contributed by atoms with E-state index in [1.165, 1.54) is 0 Å². The van der Waals surface area contributed by atoms with Crippen LogP contribution in [0.5, 0.6) is 0 Å². The molecule has 0 aliphatic rings. The van der Waals surface area contributed by atoms with Gasteiger partial charge in [-0.1, -0.05) is 19.4 Å². The normalized spacial score (nSPS) is 13.7. The lowest BCUT2D eigenvalue weighted by Crippen LogP contribution is -1.99. The molecule has 0 amide bonds. The Bertz CT molecular complexity index is 237. The maximum atomic E-state index is 10.6. The number of nitro groups is 1. The predicted molar refractivity (Wildman–Crippen MR) is 54.0 cm³/mol. The van der Waals surface area contributed by atoms with Crippen molar-refractivity contribution < 1.29 is 4.92 Å². The Morgan fingerprint density at radius 1 is 1.54 bits per heavy atom. The molecule has 3 nitrogen and oxygen atoms in total. The highest BCUT2D eigenvalue weighted by Gasteiger charge is 2.08. The van der Waals surface area contributed by atoms with E-state index in [-0.39, 0.29) is 16.5 Å². The molecule has 0 aromatic heterocycles. The topological polar surface area (TPSA) is 43.1 Å². The Balaban J connectivity index is 4.71. The largest absolute Gasteiger partial charge is 0.265 e. The highest BCUT2D eigenvalue weighted by Crippen LogP contribution is 2.10. The lowest BCUT2D eigenvalue weighted by Gasteiger charge is -1.99.